The number of hydrogen-bond donors (Lipinski definition) is 1. The topological polar surface area (TPSA) is 15.3 Å². The van der Waals surface area contributed by atoms with E-state index in [2.05, 4.69) is 11.8 Å². The van der Waals surface area contributed by atoms with Gasteiger partial charge in [-0.3, -0.25) is 5.32 Å². The van der Waals surface area contributed by atoms with Gasteiger partial charge in [-0.2, -0.15) is 48.3 Å². The standard InChI is InChI=1S/C3H3ClF5N.C3H4F5N/c1-10(4)3(8,9)2(5,6)7;1-9-3(7,8)2(4,5)6/h1H3;9H,1H3. The Morgan fingerprint density at radius 1 is 0.789 bits per heavy atom. The van der Waals surface area contributed by atoms with Gasteiger partial charge < -0.3 is 0 Å². The number of halogens is 11. The van der Waals surface area contributed by atoms with E-state index in [1.54, 1.807) is 0 Å². The number of nitrogens with zero attached hydrogens (tertiary/aromatic N) is 1. The van der Waals surface area contributed by atoms with Crippen molar-refractivity contribution in [3.05, 3.63) is 0 Å². The van der Waals surface area contributed by atoms with Gasteiger partial charge in [0.1, 0.15) is 0 Å². The summed E-state index contributed by atoms with van der Waals surface area (Å²) in [7, 11) is 0.961. The number of alkyl halides is 10. The molecule has 0 aliphatic rings. The minimum Gasteiger partial charge on any atom is -0.253 e. The van der Waals surface area contributed by atoms with E-state index < -0.39 is 28.9 Å². The SMILES string of the molecule is CN(Cl)C(F)(F)C(F)(F)F.CNC(F)(F)C(F)(F)F. The van der Waals surface area contributed by atoms with Crippen LogP contribution in [-0.4, -0.2) is 43.0 Å². The quantitative estimate of drug-likeness (QED) is 0.472. The van der Waals surface area contributed by atoms with Crippen LogP contribution in [-0.2, 0) is 0 Å². The molecule has 0 bridgehead atoms. The van der Waals surface area contributed by atoms with Crippen LogP contribution in [0.15, 0.2) is 0 Å². The molecule has 1 N–H and O–H groups in total. The molecular formula is C6H7ClF10N2. The highest BCUT2D eigenvalue weighted by Gasteiger charge is 2.60. The minimum absolute atomic E-state index is 0.426. The molecule has 0 fully saturated rings. The second kappa shape index (κ2) is 6.31. The molecule has 0 atom stereocenters. The summed E-state index contributed by atoms with van der Waals surface area (Å²) in [6, 6.07) is -9.73. The molecule has 0 spiro atoms. The lowest BCUT2D eigenvalue weighted by molar-refractivity contribution is -0.319. The lowest BCUT2D eigenvalue weighted by Gasteiger charge is -2.22. The van der Waals surface area contributed by atoms with E-state index in [9.17, 15) is 43.9 Å². The van der Waals surface area contributed by atoms with Crippen LogP contribution in [0.5, 0.6) is 0 Å². The zero-order valence-electron chi connectivity index (χ0n) is 9.10. The first-order valence-electron chi connectivity index (χ1n) is 3.98. The first kappa shape index (κ1) is 20.8. The molecule has 0 saturated heterocycles. The Hall–Kier alpha value is -0.490. The molecule has 0 unspecified atom stereocenters. The fraction of sp³-hybridized carbons (Fsp3) is 1.00. The fourth-order valence-electron chi connectivity index (χ4n) is 0.316. The third-order valence-electron chi connectivity index (χ3n) is 1.40. The van der Waals surface area contributed by atoms with Crippen molar-refractivity contribution in [2.24, 2.45) is 0 Å². The summed E-state index contributed by atoms with van der Waals surface area (Å²) in [5.41, 5.74) is 0. The first-order chi connectivity index (χ1) is 8.00. The van der Waals surface area contributed by atoms with Gasteiger partial charge in [-0.25, -0.2) is 0 Å². The van der Waals surface area contributed by atoms with Crippen molar-refractivity contribution in [3.63, 3.8) is 0 Å². The van der Waals surface area contributed by atoms with Crippen LogP contribution in [0.3, 0.4) is 0 Å². The lowest BCUT2D eigenvalue weighted by atomic mass is 10.5. The summed E-state index contributed by atoms with van der Waals surface area (Å²) in [5, 5.41) is 0.823. The van der Waals surface area contributed by atoms with E-state index in [1.165, 1.54) is 0 Å². The van der Waals surface area contributed by atoms with Crippen LogP contribution < -0.4 is 5.32 Å². The average molecular weight is 333 g/mol. The van der Waals surface area contributed by atoms with Crippen LogP contribution in [0.4, 0.5) is 43.9 Å². The second-order valence-corrected chi connectivity index (χ2v) is 3.35. The van der Waals surface area contributed by atoms with Crippen molar-refractivity contribution in [2.45, 2.75) is 24.4 Å². The smallest absolute Gasteiger partial charge is 0.253 e. The highest BCUT2D eigenvalue weighted by Crippen LogP contribution is 2.38. The van der Waals surface area contributed by atoms with E-state index in [0.29, 0.717) is 14.1 Å². The van der Waals surface area contributed by atoms with Gasteiger partial charge in [0, 0.05) is 7.05 Å². The highest BCUT2D eigenvalue weighted by atomic mass is 35.5. The monoisotopic (exact) mass is 332 g/mol. The van der Waals surface area contributed by atoms with E-state index in [1.807, 2.05) is 0 Å². The second-order valence-electron chi connectivity index (χ2n) is 2.84. The van der Waals surface area contributed by atoms with Gasteiger partial charge in [-0.05, 0) is 18.8 Å². The predicted molar refractivity (Wildman–Crippen MR) is 44.7 cm³/mol. The summed E-state index contributed by atoms with van der Waals surface area (Å²) >= 11 is 4.42. The molecule has 0 aromatic carbocycles. The normalized spacial score (nSPS) is 14.2. The molecule has 118 valence electrons. The van der Waals surface area contributed by atoms with Gasteiger partial charge in [-0.15, -0.1) is 0 Å². The van der Waals surface area contributed by atoms with Gasteiger partial charge in [0.2, 0.25) is 0 Å². The van der Waals surface area contributed by atoms with Crippen LogP contribution in [0.25, 0.3) is 0 Å². The Morgan fingerprint density at radius 2 is 1.11 bits per heavy atom. The van der Waals surface area contributed by atoms with E-state index in [4.69, 9.17) is 0 Å². The number of rotatable bonds is 2. The van der Waals surface area contributed by atoms with E-state index >= 15 is 0 Å². The van der Waals surface area contributed by atoms with Crippen molar-refractivity contribution in [3.8, 4) is 0 Å². The van der Waals surface area contributed by atoms with Gasteiger partial charge >= 0.3 is 24.4 Å². The largest absolute Gasteiger partial charge is 0.470 e. The molecule has 2 nitrogen and oxygen atoms in total. The van der Waals surface area contributed by atoms with Crippen LogP contribution >= 0.6 is 11.8 Å². The summed E-state index contributed by atoms with van der Waals surface area (Å²) in [4.78, 5) is 0. The molecule has 19 heavy (non-hydrogen) atoms. The third-order valence-corrected chi connectivity index (χ3v) is 1.61. The van der Waals surface area contributed by atoms with Gasteiger partial charge in [0.25, 0.3) is 0 Å². The maximum absolute atomic E-state index is 11.7. The van der Waals surface area contributed by atoms with Crippen molar-refractivity contribution in [1.82, 2.24) is 9.74 Å². The minimum atomic E-state index is -5.62. The molecule has 0 aliphatic carbocycles. The van der Waals surface area contributed by atoms with Gasteiger partial charge in [0.15, 0.2) is 0 Å². The van der Waals surface area contributed by atoms with Crippen molar-refractivity contribution < 1.29 is 43.9 Å². The Morgan fingerprint density at radius 3 is 1.11 bits per heavy atom. The summed E-state index contributed by atoms with van der Waals surface area (Å²) < 4.78 is 112. The molecule has 0 aromatic rings. The molecule has 13 heteroatoms. The molecular weight excluding hydrogens is 326 g/mol. The van der Waals surface area contributed by atoms with Crippen LogP contribution in [0.2, 0.25) is 0 Å². The Kier molecular flexibility index (Phi) is 6.91. The summed E-state index contributed by atoms with van der Waals surface area (Å²) in [6.45, 7) is 0. The summed E-state index contributed by atoms with van der Waals surface area (Å²) in [6.07, 6.45) is -11.1. The maximum atomic E-state index is 11.7. The summed E-state index contributed by atoms with van der Waals surface area (Å²) in [5.74, 6) is 0. The van der Waals surface area contributed by atoms with Crippen molar-refractivity contribution in [2.75, 3.05) is 14.1 Å². The lowest BCUT2D eigenvalue weighted by Crippen LogP contribution is -2.47. The van der Waals surface area contributed by atoms with Crippen molar-refractivity contribution in [1.29, 1.82) is 0 Å². The fourth-order valence-corrected chi connectivity index (χ4v) is 0.412. The van der Waals surface area contributed by atoms with E-state index in [-0.39, 0.29) is 0 Å². The first-order valence-corrected chi connectivity index (χ1v) is 4.32. The predicted octanol–water partition coefficient (Wildman–Crippen LogP) is 3.59. The Balaban J connectivity index is 0. The Labute approximate surface area is 105 Å². The molecule has 0 amide bonds. The zero-order valence-corrected chi connectivity index (χ0v) is 9.86. The van der Waals surface area contributed by atoms with E-state index in [0.717, 1.165) is 5.32 Å². The average Bonchev–Trinajstić information content (AvgIpc) is 2.14. The maximum Gasteiger partial charge on any atom is 0.470 e. The molecule has 0 aliphatic heterocycles. The van der Waals surface area contributed by atoms with Crippen LogP contribution in [0.1, 0.15) is 0 Å². The van der Waals surface area contributed by atoms with Gasteiger partial charge in [-0.1, -0.05) is 0 Å². The highest BCUT2D eigenvalue weighted by molar-refractivity contribution is 6.13. The molecule has 0 rings (SSSR count). The molecule has 0 aromatic heterocycles. The third kappa shape index (κ3) is 5.99. The van der Waals surface area contributed by atoms with Crippen molar-refractivity contribution >= 4 is 11.8 Å². The number of nitrogens with one attached hydrogen (secondary N) is 1. The number of hydrogen-bond acceptors (Lipinski definition) is 2. The molecule has 0 saturated carbocycles. The molecule has 0 radical (unpaired) electrons. The molecule has 0 heterocycles. The Bertz CT molecular complexity index is 270. The van der Waals surface area contributed by atoms with Crippen LogP contribution in [0, 0.1) is 0 Å². The zero-order chi connectivity index (χ0) is 16.3. The van der Waals surface area contributed by atoms with Gasteiger partial charge in [0.05, 0.1) is 0 Å².